The molecule has 0 radical (unpaired) electrons. The first-order valence-electron chi connectivity index (χ1n) is 9.89. The molecule has 1 saturated heterocycles. The van der Waals surface area contributed by atoms with Gasteiger partial charge in [-0.25, -0.2) is 0 Å². The lowest BCUT2D eigenvalue weighted by Gasteiger charge is -2.17. The van der Waals surface area contributed by atoms with Crippen molar-refractivity contribution in [3.63, 3.8) is 0 Å². The molecule has 1 unspecified atom stereocenters. The number of nitrogens with one attached hydrogen (secondary N) is 1. The molecule has 4 nitrogen and oxygen atoms in total. The summed E-state index contributed by atoms with van der Waals surface area (Å²) in [4.78, 5) is 26.2. The maximum Gasteiger partial charge on any atom is 0.251 e. The molecule has 1 aliphatic heterocycles. The van der Waals surface area contributed by atoms with Crippen molar-refractivity contribution in [3.8, 4) is 0 Å². The second-order valence-electron chi connectivity index (χ2n) is 7.69. The van der Waals surface area contributed by atoms with E-state index in [4.69, 9.17) is 0 Å². The van der Waals surface area contributed by atoms with E-state index in [1.807, 2.05) is 36.1 Å². The van der Waals surface area contributed by atoms with Gasteiger partial charge in [-0.1, -0.05) is 30.3 Å². The summed E-state index contributed by atoms with van der Waals surface area (Å²) in [5.41, 5.74) is 5.75. The quantitative estimate of drug-likeness (QED) is 0.880. The lowest BCUT2D eigenvalue weighted by Crippen LogP contribution is -2.27. The van der Waals surface area contributed by atoms with Gasteiger partial charge in [0.2, 0.25) is 5.91 Å². The summed E-state index contributed by atoms with van der Waals surface area (Å²) in [7, 11) is 0. The highest BCUT2D eigenvalue weighted by molar-refractivity contribution is 5.94. The van der Waals surface area contributed by atoms with Gasteiger partial charge in [0.05, 0.1) is 6.04 Å². The molecule has 2 amide bonds. The molecule has 140 valence electrons. The van der Waals surface area contributed by atoms with Gasteiger partial charge in [-0.05, 0) is 67.0 Å². The average Bonchev–Trinajstić information content (AvgIpc) is 3.30. The fourth-order valence-electron chi connectivity index (χ4n) is 4.08. The van der Waals surface area contributed by atoms with Crippen molar-refractivity contribution in [2.75, 3.05) is 6.54 Å². The van der Waals surface area contributed by atoms with Crippen LogP contribution in [0.15, 0.2) is 42.5 Å². The Hall–Kier alpha value is -2.62. The lowest BCUT2D eigenvalue weighted by atomic mass is 10.0. The van der Waals surface area contributed by atoms with E-state index in [2.05, 4.69) is 23.5 Å². The van der Waals surface area contributed by atoms with E-state index in [1.54, 1.807) is 0 Å². The van der Waals surface area contributed by atoms with Crippen molar-refractivity contribution in [2.24, 2.45) is 0 Å². The van der Waals surface area contributed by atoms with Crippen LogP contribution in [0, 0.1) is 0 Å². The summed E-state index contributed by atoms with van der Waals surface area (Å²) in [5.74, 6) is 0.159. The van der Waals surface area contributed by atoms with Crippen LogP contribution < -0.4 is 5.32 Å². The minimum atomic E-state index is -0.0632. The van der Waals surface area contributed by atoms with Crippen LogP contribution in [-0.2, 0) is 24.2 Å². The van der Waals surface area contributed by atoms with Gasteiger partial charge in [-0.15, -0.1) is 0 Å². The molecule has 0 bridgehead atoms. The Morgan fingerprint density at radius 2 is 1.81 bits per heavy atom. The lowest BCUT2D eigenvalue weighted by molar-refractivity contribution is -0.128. The summed E-state index contributed by atoms with van der Waals surface area (Å²) in [6, 6.07) is 14.1. The monoisotopic (exact) mass is 362 g/mol. The van der Waals surface area contributed by atoms with Gasteiger partial charge in [0, 0.05) is 25.1 Å². The minimum Gasteiger partial charge on any atom is -0.346 e. The summed E-state index contributed by atoms with van der Waals surface area (Å²) < 4.78 is 0. The van der Waals surface area contributed by atoms with Crippen LogP contribution in [0.2, 0.25) is 0 Å². The Kier molecular flexibility index (Phi) is 4.97. The third kappa shape index (κ3) is 3.90. The largest absolute Gasteiger partial charge is 0.346 e. The van der Waals surface area contributed by atoms with Gasteiger partial charge >= 0.3 is 0 Å². The highest BCUT2D eigenvalue weighted by Gasteiger charge is 2.20. The number of nitrogens with zero attached hydrogens (tertiary/aromatic N) is 1. The fourth-order valence-corrected chi connectivity index (χ4v) is 4.08. The summed E-state index contributed by atoms with van der Waals surface area (Å²) in [6.45, 7) is 3.49. The Labute approximate surface area is 160 Å². The van der Waals surface area contributed by atoms with E-state index in [0.717, 1.165) is 30.5 Å². The van der Waals surface area contributed by atoms with Crippen LogP contribution in [0.3, 0.4) is 0 Å². The predicted octanol–water partition coefficient (Wildman–Crippen LogP) is 3.79. The topological polar surface area (TPSA) is 49.4 Å². The molecule has 1 heterocycles. The first-order valence-corrected chi connectivity index (χ1v) is 9.89. The summed E-state index contributed by atoms with van der Waals surface area (Å²) >= 11 is 0. The third-order valence-corrected chi connectivity index (χ3v) is 5.73. The normalized spacial score (nSPS) is 17.1. The summed E-state index contributed by atoms with van der Waals surface area (Å²) in [6.07, 6.45) is 5.15. The molecule has 1 atom stereocenters. The van der Waals surface area contributed by atoms with Crippen molar-refractivity contribution < 1.29 is 9.59 Å². The third-order valence-electron chi connectivity index (χ3n) is 5.73. The smallest absolute Gasteiger partial charge is 0.251 e. The van der Waals surface area contributed by atoms with E-state index in [9.17, 15) is 9.59 Å². The number of rotatable bonds is 5. The van der Waals surface area contributed by atoms with Gasteiger partial charge in [0.1, 0.15) is 0 Å². The molecular weight excluding hydrogens is 336 g/mol. The van der Waals surface area contributed by atoms with Gasteiger partial charge < -0.3 is 10.2 Å². The van der Waals surface area contributed by atoms with Gasteiger partial charge in [-0.2, -0.15) is 0 Å². The molecule has 1 N–H and O–H groups in total. The second kappa shape index (κ2) is 7.55. The molecule has 4 heteroatoms. The van der Waals surface area contributed by atoms with E-state index >= 15 is 0 Å². The van der Waals surface area contributed by atoms with E-state index < -0.39 is 0 Å². The Bertz CT molecular complexity index is 857. The zero-order valence-corrected chi connectivity index (χ0v) is 15.8. The number of carbonyl (C=O) groups is 2. The fraction of sp³-hybridized carbons (Fsp3) is 0.391. The molecule has 4 rings (SSSR count). The van der Waals surface area contributed by atoms with Gasteiger partial charge in [-0.3, -0.25) is 9.59 Å². The number of likely N-dealkylation sites (tertiary alicyclic amines) is 1. The van der Waals surface area contributed by atoms with Crippen LogP contribution in [0.1, 0.15) is 64.8 Å². The highest BCUT2D eigenvalue weighted by Crippen LogP contribution is 2.25. The second-order valence-corrected chi connectivity index (χ2v) is 7.69. The average molecular weight is 362 g/mol. The molecule has 0 aromatic heterocycles. The molecule has 1 aliphatic carbocycles. The van der Waals surface area contributed by atoms with E-state index in [-0.39, 0.29) is 17.9 Å². The molecule has 1 fully saturated rings. The zero-order valence-electron chi connectivity index (χ0n) is 15.8. The number of amides is 2. The molecule has 0 spiro atoms. The summed E-state index contributed by atoms with van der Waals surface area (Å²) in [5, 5.41) is 3.10. The SMILES string of the molecule is CC(NC(=O)c1ccc(CN2CCCC2=O)cc1)c1ccc2c(c1)CCC2. The van der Waals surface area contributed by atoms with Crippen LogP contribution in [0.5, 0.6) is 0 Å². The van der Waals surface area contributed by atoms with Crippen LogP contribution >= 0.6 is 0 Å². The standard InChI is InChI=1S/C23H26N2O2/c1-16(20-12-11-18-4-2-5-21(18)14-20)24-23(27)19-9-7-17(8-10-19)15-25-13-3-6-22(25)26/h7-12,14,16H,2-6,13,15H2,1H3,(H,24,27). The van der Waals surface area contributed by atoms with Crippen LogP contribution in [-0.4, -0.2) is 23.3 Å². The van der Waals surface area contributed by atoms with Crippen LogP contribution in [0.4, 0.5) is 0 Å². The minimum absolute atomic E-state index is 0.0229. The number of fused-ring (bicyclic) bond motifs is 1. The van der Waals surface area contributed by atoms with Crippen molar-refractivity contribution in [1.29, 1.82) is 0 Å². The Morgan fingerprint density at radius 3 is 2.56 bits per heavy atom. The van der Waals surface area contributed by atoms with E-state index in [1.165, 1.54) is 24.0 Å². The zero-order chi connectivity index (χ0) is 18.8. The van der Waals surface area contributed by atoms with Gasteiger partial charge in [0.25, 0.3) is 5.91 Å². The highest BCUT2D eigenvalue weighted by atomic mass is 16.2. The first-order chi connectivity index (χ1) is 13.1. The number of hydrogen-bond acceptors (Lipinski definition) is 2. The molecule has 2 aliphatic rings. The maximum atomic E-state index is 12.6. The number of carbonyl (C=O) groups excluding carboxylic acids is 2. The predicted molar refractivity (Wildman–Crippen MR) is 105 cm³/mol. The van der Waals surface area contributed by atoms with Crippen molar-refractivity contribution in [1.82, 2.24) is 10.2 Å². The number of hydrogen-bond donors (Lipinski definition) is 1. The first kappa shape index (κ1) is 17.8. The van der Waals surface area contributed by atoms with Crippen LogP contribution in [0.25, 0.3) is 0 Å². The molecule has 2 aromatic carbocycles. The molecule has 27 heavy (non-hydrogen) atoms. The maximum absolute atomic E-state index is 12.6. The molecule has 0 saturated carbocycles. The van der Waals surface area contributed by atoms with E-state index in [0.29, 0.717) is 18.5 Å². The van der Waals surface area contributed by atoms with Crippen molar-refractivity contribution in [3.05, 3.63) is 70.3 Å². The Morgan fingerprint density at radius 1 is 1.04 bits per heavy atom. The van der Waals surface area contributed by atoms with Gasteiger partial charge in [0.15, 0.2) is 0 Å². The van der Waals surface area contributed by atoms with Crippen molar-refractivity contribution >= 4 is 11.8 Å². The van der Waals surface area contributed by atoms with Crippen molar-refractivity contribution in [2.45, 2.75) is 51.6 Å². The number of benzene rings is 2. The molecular formula is C23H26N2O2. The molecule has 2 aromatic rings. The Balaban J connectivity index is 1.38. The number of aryl methyl sites for hydroxylation is 2.